The van der Waals surface area contributed by atoms with Crippen LogP contribution in [0.25, 0.3) is 11.0 Å². The van der Waals surface area contributed by atoms with Crippen molar-refractivity contribution in [3.63, 3.8) is 0 Å². The van der Waals surface area contributed by atoms with E-state index >= 15 is 0 Å². The molecule has 5 heteroatoms. The second kappa shape index (κ2) is 5.77. The van der Waals surface area contributed by atoms with Gasteiger partial charge in [0, 0.05) is 16.7 Å². The number of nitrogens with zero attached hydrogens (tertiary/aromatic N) is 1. The summed E-state index contributed by atoms with van der Waals surface area (Å²) in [5.74, 6) is 1.78. The van der Waals surface area contributed by atoms with E-state index in [2.05, 4.69) is 37.3 Å². The van der Waals surface area contributed by atoms with Gasteiger partial charge in [0.2, 0.25) is 0 Å². The number of hydrogen-bond acceptors (Lipinski definition) is 3. The van der Waals surface area contributed by atoms with Crippen LogP contribution >= 0.6 is 15.9 Å². The first kappa shape index (κ1) is 13.9. The Kier molecular flexibility index (Phi) is 3.84. The average molecular weight is 346 g/mol. The summed E-state index contributed by atoms with van der Waals surface area (Å²) in [5.41, 5.74) is 4.24. The van der Waals surface area contributed by atoms with Crippen molar-refractivity contribution in [2.24, 2.45) is 0 Å². The number of H-pyrrole nitrogens is 1. The minimum atomic E-state index is 0.719. The number of aromatic amines is 1. The van der Waals surface area contributed by atoms with Crippen molar-refractivity contribution in [2.75, 3.05) is 12.4 Å². The topological polar surface area (TPSA) is 49.9 Å². The average Bonchev–Trinajstić information content (AvgIpc) is 2.85. The molecule has 0 fully saturated rings. The number of halogens is 1. The van der Waals surface area contributed by atoms with Gasteiger partial charge in [0.25, 0.3) is 0 Å². The molecular weight excluding hydrogens is 330 g/mol. The van der Waals surface area contributed by atoms with Gasteiger partial charge >= 0.3 is 0 Å². The third-order valence-corrected chi connectivity index (χ3v) is 4.11. The van der Waals surface area contributed by atoms with Crippen molar-refractivity contribution < 1.29 is 4.74 Å². The van der Waals surface area contributed by atoms with Crippen molar-refractivity contribution in [3.8, 4) is 5.75 Å². The molecule has 0 atom stereocenters. The van der Waals surface area contributed by atoms with Gasteiger partial charge < -0.3 is 15.0 Å². The number of imidazole rings is 1. The third kappa shape index (κ3) is 3.03. The first-order chi connectivity index (χ1) is 10.2. The van der Waals surface area contributed by atoms with Gasteiger partial charge in [-0.05, 0) is 48.9 Å². The van der Waals surface area contributed by atoms with E-state index in [1.165, 1.54) is 0 Å². The number of ether oxygens (including phenoxy) is 1. The van der Waals surface area contributed by atoms with Crippen LogP contribution in [0.3, 0.4) is 0 Å². The fraction of sp³-hybridized carbons (Fsp3) is 0.188. The smallest absolute Gasteiger partial charge is 0.119 e. The lowest BCUT2D eigenvalue weighted by molar-refractivity contribution is 0.414. The SMILES string of the molecule is COc1ccc(Br)c(CNc2ccc3nc(C)[nH]c3c2)c1. The predicted molar refractivity (Wildman–Crippen MR) is 88.9 cm³/mol. The van der Waals surface area contributed by atoms with E-state index in [1.807, 2.05) is 37.3 Å². The van der Waals surface area contributed by atoms with Crippen molar-refractivity contribution >= 4 is 32.7 Å². The summed E-state index contributed by atoms with van der Waals surface area (Å²) in [6.45, 7) is 2.68. The van der Waals surface area contributed by atoms with E-state index in [0.29, 0.717) is 0 Å². The lowest BCUT2D eigenvalue weighted by Gasteiger charge is -2.10. The molecule has 0 radical (unpaired) electrons. The van der Waals surface area contributed by atoms with Crippen LogP contribution in [0.4, 0.5) is 5.69 Å². The highest BCUT2D eigenvalue weighted by molar-refractivity contribution is 9.10. The minimum Gasteiger partial charge on any atom is -0.497 e. The quantitative estimate of drug-likeness (QED) is 0.742. The van der Waals surface area contributed by atoms with E-state index in [-0.39, 0.29) is 0 Å². The lowest BCUT2D eigenvalue weighted by Crippen LogP contribution is -2.00. The summed E-state index contributed by atoms with van der Waals surface area (Å²) >= 11 is 3.56. The van der Waals surface area contributed by atoms with Gasteiger partial charge in [-0.15, -0.1) is 0 Å². The molecule has 0 aliphatic heterocycles. The maximum Gasteiger partial charge on any atom is 0.119 e. The molecule has 0 unspecified atom stereocenters. The number of hydrogen-bond donors (Lipinski definition) is 2. The molecule has 3 rings (SSSR count). The van der Waals surface area contributed by atoms with Gasteiger partial charge in [0.1, 0.15) is 11.6 Å². The monoisotopic (exact) mass is 345 g/mol. The van der Waals surface area contributed by atoms with Gasteiger partial charge in [-0.2, -0.15) is 0 Å². The fourth-order valence-corrected chi connectivity index (χ4v) is 2.64. The Morgan fingerprint density at radius 1 is 1.24 bits per heavy atom. The Balaban J connectivity index is 1.79. The fourth-order valence-electron chi connectivity index (χ4n) is 2.26. The van der Waals surface area contributed by atoms with Gasteiger partial charge in [-0.25, -0.2) is 4.98 Å². The second-order valence-corrected chi connectivity index (χ2v) is 5.72. The highest BCUT2D eigenvalue weighted by Gasteiger charge is 2.04. The van der Waals surface area contributed by atoms with Crippen LogP contribution in [-0.4, -0.2) is 17.1 Å². The Bertz CT molecular complexity index is 782. The first-order valence-corrected chi connectivity index (χ1v) is 7.47. The molecule has 1 aromatic heterocycles. The molecule has 108 valence electrons. The number of nitrogens with one attached hydrogen (secondary N) is 2. The zero-order valence-corrected chi connectivity index (χ0v) is 13.5. The number of rotatable bonds is 4. The van der Waals surface area contributed by atoms with Crippen LogP contribution in [0.2, 0.25) is 0 Å². The molecule has 21 heavy (non-hydrogen) atoms. The van der Waals surface area contributed by atoms with Gasteiger partial charge in [0.15, 0.2) is 0 Å². The number of methoxy groups -OCH3 is 1. The molecule has 0 amide bonds. The van der Waals surface area contributed by atoms with Crippen molar-refractivity contribution in [3.05, 3.63) is 52.3 Å². The maximum atomic E-state index is 5.26. The highest BCUT2D eigenvalue weighted by Crippen LogP contribution is 2.24. The molecule has 0 bridgehead atoms. The Labute approximate surface area is 131 Å². The number of fused-ring (bicyclic) bond motifs is 1. The summed E-state index contributed by atoms with van der Waals surface area (Å²) in [4.78, 5) is 7.65. The Morgan fingerprint density at radius 2 is 2.10 bits per heavy atom. The van der Waals surface area contributed by atoms with E-state index in [4.69, 9.17) is 4.74 Å². The third-order valence-electron chi connectivity index (χ3n) is 3.34. The Morgan fingerprint density at radius 3 is 2.90 bits per heavy atom. The van der Waals surface area contributed by atoms with Crippen LogP contribution in [0.15, 0.2) is 40.9 Å². The second-order valence-electron chi connectivity index (χ2n) is 4.87. The Hall–Kier alpha value is -2.01. The molecular formula is C16H16BrN3O. The predicted octanol–water partition coefficient (Wildman–Crippen LogP) is 4.25. The maximum absolute atomic E-state index is 5.26. The summed E-state index contributed by atoms with van der Waals surface area (Å²) in [6, 6.07) is 12.1. The molecule has 0 aliphatic carbocycles. The summed E-state index contributed by atoms with van der Waals surface area (Å²) < 4.78 is 6.32. The molecule has 0 saturated heterocycles. The van der Waals surface area contributed by atoms with Crippen LogP contribution in [0.1, 0.15) is 11.4 Å². The minimum absolute atomic E-state index is 0.719. The normalized spacial score (nSPS) is 10.8. The summed E-state index contributed by atoms with van der Waals surface area (Å²) in [5, 5.41) is 3.42. The summed E-state index contributed by atoms with van der Waals surface area (Å²) in [6.07, 6.45) is 0. The van der Waals surface area contributed by atoms with E-state index < -0.39 is 0 Å². The molecule has 2 aromatic carbocycles. The van der Waals surface area contributed by atoms with E-state index in [9.17, 15) is 0 Å². The molecule has 2 N–H and O–H groups in total. The molecule has 0 spiro atoms. The van der Waals surface area contributed by atoms with Gasteiger partial charge in [-0.1, -0.05) is 15.9 Å². The molecule has 1 heterocycles. The van der Waals surface area contributed by atoms with Crippen LogP contribution in [-0.2, 0) is 6.54 Å². The highest BCUT2D eigenvalue weighted by atomic mass is 79.9. The van der Waals surface area contributed by atoms with Crippen molar-refractivity contribution in [1.29, 1.82) is 0 Å². The van der Waals surface area contributed by atoms with E-state index in [0.717, 1.165) is 44.9 Å². The zero-order chi connectivity index (χ0) is 14.8. The van der Waals surface area contributed by atoms with Gasteiger partial charge in [0.05, 0.1) is 18.1 Å². The largest absolute Gasteiger partial charge is 0.497 e. The molecule has 0 saturated carbocycles. The van der Waals surface area contributed by atoms with Gasteiger partial charge in [-0.3, -0.25) is 0 Å². The number of benzene rings is 2. The number of aromatic nitrogens is 2. The first-order valence-electron chi connectivity index (χ1n) is 6.68. The summed E-state index contributed by atoms with van der Waals surface area (Å²) in [7, 11) is 1.68. The van der Waals surface area contributed by atoms with Crippen LogP contribution in [0.5, 0.6) is 5.75 Å². The van der Waals surface area contributed by atoms with E-state index in [1.54, 1.807) is 7.11 Å². The lowest BCUT2D eigenvalue weighted by atomic mass is 10.2. The van der Waals surface area contributed by atoms with Crippen molar-refractivity contribution in [1.82, 2.24) is 9.97 Å². The zero-order valence-electron chi connectivity index (χ0n) is 11.9. The molecule has 3 aromatic rings. The van der Waals surface area contributed by atoms with Crippen LogP contribution < -0.4 is 10.1 Å². The number of anilines is 1. The number of aryl methyl sites for hydroxylation is 1. The standard InChI is InChI=1S/C16H16BrN3O/c1-10-19-15-6-3-12(8-16(15)20-10)18-9-11-7-13(21-2)4-5-14(11)17/h3-8,18H,9H2,1-2H3,(H,19,20). The van der Waals surface area contributed by atoms with Crippen molar-refractivity contribution in [2.45, 2.75) is 13.5 Å². The molecule has 4 nitrogen and oxygen atoms in total. The van der Waals surface area contributed by atoms with Crippen LogP contribution in [0, 0.1) is 6.92 Å². The molecule has 0 aliphatic rings.